The molecule has 162 valence electrons. The Hall–Kier alpha value is -3.29. The van der Waals surface area contributed by atoms with E-state index in [0.717, 1.165) is 42.8 Å². The predicted molar refractivity (Wildman–Crippen MR) is 116 cm³/mol. The Balaban J connectivity index is 1.27. The molecule has 5 rings (SSSR count). The fourth-order valence-corrected chi connectivity index (χ4v) is 4.71. The first-order valence-electron chi connectivity index (χ1n) is 10.9. The van der Waals surface area contributed by atoms with Crippen LogP contribution in [0.4, 0.5) is 4.79 Å². The lowest BCUT2D eigenvalue weighted by Crippen LogP contribution is -2.44. The average Bonchev–Trinajstić information content (AvgIpc) is 3.45. The molecule has 0 saturated heterocycles. The van der Waals surface area contributed by atoms with Crippen LogP contribution in [0.2, 0.25) is 0 Å². The summed E-state index contributed by atoms with van der Waals surface area (Å²) < 4.78 is 13.3. The van der Waals surface area contributed by atoms with E-state index in [4.69, 9.17) is 9.47 Å². The van der Waals surface area contributed by atoms with E-state index in [1.807, 2.05) is 41.8 Å². The van der Waals surface area contributed by atoms with Crippen molar-refractivity contribution in [2.24, 2.45) is 0 Å². The largest absolute Gasteiger partial charge is 0.486 e. The van der Waals surface area contributed by atoms with E-state index in [-0.39, 0.29) is 17.5 Å². The number of ether oxygens (including phenoxy) is 2. The Morgan fingerprint density at radius 3 is 2.77 bits per heavy atom. The lowest BCUT2D eigenvalue weighted by Gasteiger charge is -2.31. The number of hydrogen-bond acceptors (Lipinski definition) is 5. The van der Waals surface area contributed by atoms with Crippen LogP contribution in [-0.4, -0.2) is 40.4 Å². The quantitative estimate of drug-likeness (QED) is 0.659. The number of carbonyl (C=O) groups excluding carboxylic acids is 1. The second-order valence-electron chi connectivity index (χ2n) is 8.38. The van der Waals surface area contributed by atoms with Crippen molar-refractivity contribution >= 4 is 11.7 Å². The van der Waals surface area contributed by atoms with E-state index in [1.165, 1.54) is 5.56 Å². The molecule has 3 aromatic rings. The molecule has 1 saturated carbocycles. The maximum absolute atomic E-state index is 12.7. The highest BCUT2D eigenvalue weighted by Gasteiger charge is 2.37. The predicted octanol–water partition coefficient (Wildman–Crippen LogP) is 3.37. The summed E-state index contributed by atoms with van der Waals surface area (Å²) in [6.07, 6.45) is 6.28. The highest BCUT2D eigenvalue weighted by Crippen LogP contribution is 2.43. The SMILES string of the molecule is CC(NC(=O)NCC1(c2ccc3c(c2)OCCO3)CCCC1)c1nnc2ccccn12. The number of benzene rings is 1. The zero-order valence-corrected chi connectivity index (χ0v) is 17.6. The topological polar surface area (TPSA) is 89.8 Å². The van der Waals surface area contributed by atoms with Gasteiger partial charge in [0.15, 0.2) is 23.0 Å². The van der Waals surface area contributed by atoms with Crippen molar-refractivity contribution < 1.29 is 14.3 Å². The molecule has 8 nitrogen and oxygen atoms in total. The first-order chi connectivity index (χ1) is 15.1. The normalized spacial score (nSPS) is 18.0. The van der Waals surface area contributed by atoms with Gasteiger partial charge in [-0.2, -0.15) is 0 Å². The summed E-state index contributed by atoms with van der Waals surface area (Å²) >= 11 is 0. The van der Waals surface area contributed by atoms with E-state index in [0.29, 0.717) is 25.6 Å². The molecule has 1 fully saturated rings. The van der Waals surface area contributed by atoms with Gasteiger partial charge in [-0.15, -0.1) is 10.2 Å². The summed E-state index contributed by atoms with van der Waals surface area (Å²) in [5, 5.41) is 14.5. The smallest absolute Gasteiger partial charge is 0.315 e. The Kier molecular flexibility index (Phi) is 5.13. The van der Waals surface area contributed by atoms with Gasteiger partial charge in [-0.1, -0.05) is 25.0 Å². The van der Waals surface area contributed by atoms with Gasteiger partial charge in [-0.25, -0.2) is 4.79 Å². The summed E-state index contributed by atoms with van der Waals surface area (Å²) in [6.45, 7) is 3.64. The number of pyridine rings is 1. The molecule has 1 unspecified atom stereocenters. The van der Waals surface area contributed by atoms with Crippen LogP contribution < -0.4 is 20.1 Å². The van der Waals surface area contributed by atoms with Crippen molar-refractivity contribution in [1.29, 1.82) is 0 Å². The summed E-state index contributed by atoms with van der Waals surface area (Å²) in [5.41, 5.74) is 1.87. The van der Waals surface area contributed by atoms with E-state index >= 15 is 0 Å². The fourth-order valence-electron chi connectivity index (χ4n) is 4.71. The maximum Gasteiger partial charge on any atom is 0.315 e. The molecule has 1 atom stereocenters. The second kappa shape index (κ2) is 8.09. The van der Waals surface area contributed by atoms with Crippen LogP contribution >= 0.6 is 0 Å². The maximum atomic E-state index is 12.7. The first kappa shape index (κ1) is 19.7. The Morgan fingerprint density at radius 1 is 1.13 bits per heavy atom. The molecule has 2 aromatic heterocycles. The van der Waals surface area contributed by atoms with Crippen molar-refractivity contribution in [2.45, 2.75) is 44.1 Å². The molecule has 2 amide bonds. The second-order valence-corrected chi connectivity index (χ2v) is 8.38. The zero-order chi connectivity index (χ0) is 21.3. The number of nitrogens with one attached hydrogen (secondary N) is 2. The van der Waals surface area contributed by atoms with Crippen LogP contribution in [-0.2, 0) is 5.41 Å². The van der Waals surface area contributed by atoms with E-state index in [1.54, 1.807) is 0 Å². The van der Waals surface area contributed by atoms with E-state index in [9.17, 15) is 4.79 Å². The van der Waals surface area contributed by atoms with Gasteiger partial charge in [0.1, 0.15) is 13.2 Å². The third-order valence-corrected chi connectivity index (χ3v) is 6.38. The molecule has 2 aliphatic rings. The van der Waals surface area contributed by atoms with Gasteiger partial charge in [-0.3, -0.25) is 4.40 Å². The van der Waals surface area contributed by atoms with Gasteiger partial charge in [-0.05, 0) is 49.6 Å². The van der Waals surface area contributed by atoms with Crippen molar-refractivity contribution in [2.75, 3.05) is 19.8 Å². The standard InChI is InChI=1S/C23H27N5O3/c1-16(21-27-26-20-6-2-5-11-28(20)21)25-22(29)24-15-23(9-3-4-10-23)17-7-8-18-19(14-17)31-13-12-30-18/h2,5-8,11,14,16H,3-4,9-10,12-13,15H2,1H3,(H2,24,25,29). The Morgan fingerprint density at radius 2 is 1.94 bits per heavy atom. The summed E-state index contributed by atoms with van der Waals surface area (Å²) in [7, 11) is 0. The number of urea groups is 1. The summed E-state index contributed by atoms with van der Waals surface area (Å²) in [4.78, 5) is 12.7. The van der Waals surface area contributed by atoms with Crippen LogP contribution in [0.1, 0.15) is 50.0 Å². The van der Waals surface area contributed by atoms with Gasteiger partial charge >= 0.3 is 6.03 Å². The Labute approximate surface area is 181 Å². The van der Waals surface area contributed by atoms with E-state index in [2.05, 4.69) is 33.0 Å². The third kappa shape index (κ3) is 3.78. The number of carbonyl (C=O) groups is 1. The molecule has 0 spiro atoms. The first-order valence-corrected chi connectivity index (χ1v) is 10.9. The molecular weight excluding hydrogens is 394 g/mol. The molecule has 0 radical (unpaired) electrons. The molecule has 1 aliphatic carbocycles. The number of fused-ring (bicyclic) bond motifs is 2. The number of hydrogen-bond donors (Lipinski definition) is 2. The van der Waals surface area contributed by atoms with Gasteiger partial charge in [0.05, 0.1) is 6.04 Å². The number of rotatable bonds is 5. The lowest BCUT2D eigenvalue weighted by atomic mass is 9.78. The number of nitrogens with zero attached hydrogens (tertiary/aromatic N) is 3. The highest BCUT2D eigenvalue weighted by molar-refractivity contribution is 5.74. The minimum Gasteiger partial charge on any atom is -0.486 e. The fraction of sp³-hybridized carbons (Fsp3) is 0.435. The highest BCUT2D eigenvalue weighted by atomic mass is 16.6. The molecule has 1 aliphatic heterocycles. The van der Waals surface area contributed by atoms with Crippen LogP contribution in [0, 0.1) is 0 Å². The molecule has 3 heterocycles. The van der Waals surface area contributed by atoms with E-state index < -0.39 is 0 Å². The third-order valence-electron chi connectivity index (χ3n) is 6.38. The molecule has 8 heteroatoms. The zero-order valence-electron chi connectivity index (χ0n) is 17.6. The van der Waals surface area contributed by atoms with Gasteiger partial charge in [0.25, 0.3) is 0 Å². The molecule has 1 aromatic carbocycles. The van der Waals surface area contributed by atoms with Gasteiger partial charge in [0, 0.05) is 18.2 Å². The van der Waals surface area contributed by atoms with Crippen LogP contribution in [0.5, 0.6) is 11.5 Å². The summed E-state index contributed by atoms with van der Waals surface area (Å²) in [5.74, 6) is 2.29. The molecular formula is C23H27N5O3. The van der Waals surface area contributed by atoms with Crippen LogP contribution in [0.3, 0.4) is 0 Å². The van der Waals surface area contributed by atoms with Crippen molar-refractivity contribution in [3.8, 4) is 11.5 Å². The number of amides is 2. The average molecular weight is 422 g/mol. The van der Waals surface area contributed by atoms with Gasteiger partial charge < -0.3 is 20.1 Å². The minimum atomic E-state index is -0.272. The minimum absolute atomic E-state index is 0.0853. The molecule has 31 heavy (non-hydrogen) atoms. The Bertz CT molecular complexity index is 1090. The number of aromatic nitrogens is 3. The molecule has 0 bridgehead atoms. The van der Waals surface area contributed by atoms with Crippen LogP contribution in [0.25, 0.3) is 5.65 Å². The van der Waals surface area contributed by atoms with Crippen molar-refractivity contribution in [3.05, 3.63) is 54.0 Å². The monoisotopic (exact) mass is 421 g/mol. The lowest BCUT2D eigenvalue weighted by molar-refractivity contribution is 0.171. The van der Waals surface area contributed by atoms with Crippen molar-refractivity contribution in [1.82, 2.24) is 25.2 Å². The summed E-state index contributed by atoms with van der Waals surface area (Å²) in [6, 6.07) is 11.4. The molecule has 2 N–H and O–H groups in total. The van der Waals surface area contributed by atoms with Crippen LogP contribution in [0.15, 0.2) is 42.6 Å². The van der Waals surface area contributed by atoms with Crippen molar-refractivity contribution in [3.63, 3.8) is 0 Å². The van der Waals surface area contributed by atoms with Gasteiger partial charge in [0.2, 0.25) is 0 Å².